The number of aryl methyl sites for hydroxylation is 1. The first-order valence-corrected chi connectivity index (χ1v) is 8.10. The predicted molar refractivity (Wildman–Crippen MR) is 78.2 cm³/mol. The Labute approximate surface area is 118 Å². The van der Waals surface area contributed by atoms with Crippen molar-refractivity contribution in [3.63, 3.8) is 0 Å². The van der Waals surface area contributed by atoms with Crippen LogP contribution in [0.4, 0.5) is 5.13 Å². The summed E-state index contributed by atoms with van der Waals surface area (Å²) in [5.74, 6) is 0.569. The third-order valence-electron chi connectivity index (χ3n) is 2.08. The highest BCUT2D eigenvalue weighted by Crippen LogP contribution is 2.26. The van der Waals surface area contributed by atoms with Crippen LogP contribution in [0.3, 0.4) is 0 Å². The lowest BCUT2D eigenvalue weighted by Gasteiger charge is -1.94. The zero-order valence-electron chi connectivity index (χ0n) is 10.1. The van der Waals surface area contributed by atoms with Crippen molar-refractivity contribution in [3.05, 3.63) is 21.9 Å². The fourth-order valence-corrected chi connectivity index (χ4v) is 3.87. The molecule has 0 spiro atoms. The van der Waals surface area contributed by atoms with E-state index in [1.54, 1.807) is 0 Å². The van der Waals surface area contributed by atoms with Crippen LogP contribution in [0.1, 0.15) is 21.5 Å². The Bertz CT molecular complexity index is 535. The Morgan fingerprint density at radius 2 is 2.22 bits per heavy atom. The fourth-order valence-electron chi connectivity index (χ4n) is 1.27. The van der Waals surface area contributed by atoms with Gasteiger partial charge in [0.2, 0.25) is 5.13 Å². The SMILES string of the molecule is CCNc1nnc(SCC(=O)c2ccc(C)s2)s1. The second-order valence-electron chi connectivity index (χ2n) is 3.53. The molecule has 0 unspecified atom stereocenters. The number of thioether (sulfide) groups is 1. The molecule has 0 saturated carbocycles. The van der Waals surface area contributed by atoms with Gasteiger partial charge < -0.3 is 5.32 Å². The summed E-state index contributed by atoms with van der Waals surface area (Å²) in [5, 5.41) is 11.9. The van der Waals surface area contributed by atoms with Crippen LogP contribution in [0.2, 0.25) is 0 Å². The molecule has 0 atom stereocenters. The van der Waals surface area contributed by atoms with Crippen LogP contribution in [0.25, 0.3) is 0 Å². The van der Waals surface area contributed by atoms with Crippen molar-refractivity contribution in [3.8, 4) is 0 Å². The van der Waals surface area contributed by atoms with Crippen molar-refractivity contribution >= 4 is 45.4 Å². The first-order valence-electron chi connectivity index (χ1n) is 5.49. The molecule has 1 N–H and O–H groups in total. The quantitative estimate of drug-likeness (QED) is 0.655. The minimum Gasteiger partial charge on any atom is -0.360 e. The number of ketones is 1. The van der Waals surface area contributed by atoms with Gasteiger partial charge in [-0.2, -0.15) is 0 Å². The van der Waals surface area contributed by atoms with E-state index in [0.29, 0.717) is 5.75 Å². The number of carbonyl (C=O) groups excluding carboxylic acids is 1. The number of nitrogens with zero attached hydrogens (tertiary/aromatic N) is 2. The van der Waals surface area contributed by atoms with Crippen LogP contribution in [0.5, 0.6) is 0 Å². The molecule has 7 heteroatoms. The summed E-state index contributed by atoms with van der Waals surface area (Å²) in [5.41, 5.74) is 0. The zero-order chi connectivity index (χ0) is 13.0. The molecule has 18 heavy (non-hydrogen) atoms. The van der Waals surface area contributed by atoms with E-state index in [2.05, 4.69) is 15.5 Å². The van der Waals surface area contributed by atoms with Crippen molar-refractivity contribution in [2.24, 2.45) is 0 Å². The van der Waals surface area contributed by atoms with Crippen molar-refractivity contribution in [2.45, 2.75) is 18.2 Å². The van der Waals surface area contributed by atoms with Gasteiger partial charge in [0.1, 0.15) is 0 Å². The molecule has 0 aromatic carbocycles. The highest BCUT2D eigenvalue weighted by atomic mass is 32.2. The smallest absolute Gasteiger partial charge is 0.206 e. The Kier molecular flexibility index (Phi) is 4.73. The van der Waals surface area contributed by atoms with Crippen LogP contribution in [-0.4, -0.2) is 28.3 Å². The molecule has 2 aromatic heterocycles. The average Bonchev–Trinajstić information content (AvgIpc) is 2.96. The molecule has 2 rings (SSSR count). The lowest BCUT2D eigenvalue weighted by atomic mass is 10.3. The largest absolute Gasteiger partial charge is 0.360 e. The summed E-state index contributed by atoms with van der Waals surface area (Å²) in [6.07, 6.45) is 0. The number of aromatic nitrogens is 2. The molecule has 0 amide bonds. The lowest BCUT2D eigenvalue weighted by molar-refractivity contribution is 0.102. The van der Waals surface area contributed by atoms with E-state index >= 15 is 0 Å². The molecule has 0 fully saturated rings. The van der Waals surface area contributed by atoms with Crippen LogP contribution in [-0.2, 0) is 0 Å². The summed E-state index contributed by atoms with van der Waals surface area (Å²) < 4.78 is 0.826. The Hall–Kier alpha value is -0.920. The lowest BCUT2D eigenvalue weighted by Crippen LogP contribution is -1.98. The van der Waals surface area contributed by atoms with E-state index in [9.17, 15) is 4.79 Å². The molecule has 0 radical (unpaired) electrons. The van der Waals surface area contributed by atoms with Gasteiger partial charge in [0.15, 0.2) is 10.1 Å². The predicted octanol–water partition coefficient (Wildman–Crippen LogP) is 3.31. The molecular weight excluding hydrogens is 286 g/mol. The molecule has 0 aliphatic heterocycles. The molecule has 0 saturated heterocycles. The topological polar surface area (TPSA) is 54.9 Å². The summed E-state index contributed by atoms with van der Waals surface area (Å²) in [6.45, 7) is 4.84. The summed E-state index contributed by atoms with van der Waals surface area (Å²) in [4.78, 5) is 13.9. The first kappa shape index (κ1) is 13.5. The highest BCUT2D eigenvalue weighted by molar-refractivity contribution is 8.01. The van der Waals surface area contributed by atoms with E-state index in [4.69, 9.17) is 0 Å². The van der Waals surface area contributed by atoms with Crippen molar-refractivity contribution in [1.29, 1.82) is 0 Å². The van der Waals surface area contributed by atoms with E-state index in [-0.39, 0.29) is 5.78 Å². The van der Waals surface area contributed by atoms with Crippen molar-refractivity contribution < 1.29 is 4.79 Å². The van der Waals surface area contributed by atoms with Gasteiger partial charge in [-0.3, -0.25) is 4.79 Å². The molecule has 2 aromatic rings. The number of hydrogen-bond acceptors (Lipinski definition) is 7. The second kappa shape index (κ2) is 6.31. The van der Waals surface area contributed by atoms with Crippen LogP contribution < -0.4 is 5.32 Å². The van der Waals surface area contributed by atoms with Crippen LogP contribution in [0, 0.1) is 6.92 Å². The maximum absolute atomic E-state index is 11.9. The molecule has 2 heterocycles. The number of anilines is 1. The second-order valence-corrected chi connectivity index (χ2v) is 7.01. The third kappa shape index (κ3) is 3.54. The van der Waals surface area contributed by atoms with Gasteiger partial charge in [-0.25, -0.2) is 0 Å². The fraction of sp³-hybridized carbons (Fsp3) is 0.364. The third-order valence-corrected chi connectivity index (χ3v) is 5.13. The molecular formula is C11H13N3OS3. The van der Waals surface area contributed by atoms with Gasteiger partial charge in [0.05, 0.1) is 10.6 Å². The molecule has 0 bridgehead atoms. The van der Waals surface area contributed by atoms with Crippen LogP contribution >= 0.6 is 34.4 Å². The minimum absolute atomic E-state index is 0.151. The number of Topliss-reactive ketones (excluding diaryl/α,β-unsaturated/α-hetero) is 1. The zero-order valence-corrected chi connectivity index (χ0v) is 12.5. The molecule has 0 aliphatic carbocycles. The standard InChI is InChI=1S/C11H13N3OS3/c1-3-12-10-13-14-11(18-10)16-6-8(15)9-5-4-7(2)17-9/h4-5H,3,6H2,1-2H3,(H,12,13). The molecule has 96 valence electrons. The number of thiophene rings is 1. The van der Waals surface area contributed by atoms with Crippen molar-refractivity contribution in [2.75, 3.05) is 17.6 Å². The van der Waals surface area contributed by atoms with Gasteiger partial charge in [0, 0.05) is 11.4 Å². The van der Waals surface area contributed by atoms with E-state index in [1.807, 2.05) is 26.0 Å². The average molecular weight is 299 g/mol. The Morgan fingerprint density at radius 1 is 1.39 bits per heavy atom. The Balaban J connectivity index is 1.88. The van der Waals surface area contributed by atoms with Crippen LogP contribution in [0.15, 0.2) is 16.5 Å². The monoisotopic (exact) mass is 299 g/mol. The first-order chi connectivity index (χ1) is 8.69. The molecule has 0 aliphatic rings. The number of hydrogen-bond donors (Lipinski definition) is 1. The maximum Gasteiger partial charge on any atom is 0.206 e. The van der Waals surface area contributed by atoms with Gasteiger partial charge in [-0.05, 0) is 26.0 Å². The molecule has 4 nitrogen and oxygen atoms in total. The van der Waals surface area contributed by atoms with E-state index < -0.39 is 0 Å². The van der Waals surface area contributed by atoms with Gasteiger partial charge in [-0.1, -0.05) is 23.1 Å². The summed E-state index contributed by atoms with van der Waals surface area (Å²) >= 11 is 4.46. The van der Waals surface area contributed by atoms with E-state index in [0.717, 1.165) is 25.8 Å². The highest BCUT2D eigenvalue weighted by Gasteiger charge is 2.11. The number of rotatable bonds is 6. The minimum atomic E-state index is 0.151. The van der Waals surface area contributed by atoms with Gasteiger partial charge >= 0.3 is 0 Å². The summed E-state index contributed by atoms with van der Waals surface area (Å²) in [7, 11) is 0. The van der Waals surface area contributed by atoms with Crippen molar-refractivity contribution in [1.82, 2.24) is 10.2 Å². The Morgan fingerprint density at radius 3 is 2.89 bits per heavy atom. The van der Waals surface area contributed by atoms with E-state index in [1.165, 1.54) is 34.4 Å². The number of nitrogens with one attached hydrogen (secondary N) is 1. The van der Waals surface area contributed by atoms with Gasteiger partial charge in [0.25, 0.3) is 0 Å². The maximum atomic E-state index is 11.9. The normalized spacial score (nSPS) is 10.6. The number of carbonyl (C=O) groups is 1. The van der Waals surface area contributed by atoms with Gasteiger partial charge in [-0.15, -0.1) is 21.5 Å². The summed E-state index contributed by atoms with van der Waals surface area (Å²) in [6, 6.07) is 3.85.